The molecule has 0 saturated heterocycles. The average molecular weight is 313 g/mol. The van der Waals surface area contributed by atoms with Gasteiger partial charge in [-0.15, -0.1) is 0 Å². The lowest BCUT2D eigenvalue weighted by molar-refractivity contribution is -0.910. The van der Waals surface area contributed by atoms with E-state index in [0.717, 1.165) is 22.6 Å². The lowest BCUT2D eigenvalue weighted by Gasteiger charge is -2.22. The third-order valence-electron chi connectivity index (χ3n) is 3.36. The van der Waals surface area contributed by atoms with Crippen LogP contribution >= 0.6 is 11.6 Å². The maximum absolute atomic E-state index is 6.50. The van der Waals surface area contributed by atoms with E-state index in [9.17, 15) is 0 Å². The zero-order valence-corrected chi connectivity index (χ0v) is 12.3. The van der Waals surface area contributed by atoms with Crippen molar-refractivity contribution in [1.82, 2.24) is 0 Å². The van der Waals surface area contributed by atoms with Gasteiger partial charge >= 0.3 is 0 Å². The zero-order valence-electron chi connectivity index (χ0n) is 10.0. The van der Waals surface area contributed by atoms with Crippen LogP contribution < -0.4 is 17.0 Å². The Hall–Kier alpha value is -0.570. The van der Waals surface area contributed by atoms with Crippen LogP contribution in [0.15, 0.2) is 30.3 Å². The molecule has 3 rings (SSSR count). The van der Waals surface area contributed by atoms with Crippen molar-refractivity contribution in [3.63, 3.8) is 0 Å². The Labute approximate surface area is 117 Å². The fourth-order valence-corrected chi connectivity index (χ4v) is 3.01. The van der Waals surface area contributed by atoms with Crippen LogP contribution in [-0.4, -0.2) is 18.6 Å². The van der Waals surface area contributed by atoms with Gasteiger partial charge in [0.25, 0.3) is 0 Å². The molecule has 0 amide bonds. The first-order chi connectivity index (χ1) is 7.57. The molecule has 1 aliphatic heterocycles. The van der Waals surface area contributed by atoms with E-state index in [4.69, 9.17) is 11.6 Å². The zero-order chi connectivity index (χ0) is 11.3. The minimum atomic E-state index is 0. The first-order valence-corrected chi connectivity index (χ1v) is 5.96. The van der Waals surface area contributed by atoms with Gasteiger partial charge in [0.15, 0.2) is 0 Å². The number of halogens is 2. The maximum Gasteiger partial charge on any atom is 0.106 e. The van der Waals surface area contributed by atoms with Gasteiger partial charge in [0.1, 0.15) is 13.1 Å². The normalized spacial score (nSPS) is 16.6. The second-order valence-corrected chi connectivity index (χ2v) is 5.68. The van der Waals surface area contributed by atoms with Crippen LogP contribution in [0, 0.1) is 0 Å². The van der Waals surface area contributed by atoms with Crippen LogP contribution in [-0.2, 0) is 13.1 Å². The molecular formula is C14H15BrClN. The molecule has 0 aromatic heterocycles. The number of benzene rings is 2. The van der Waals surface area contributed by atoms with E-state index in [1.165, 1.54) is 21.9 Å². The Balaban J connectivity index is 0.00000108. The molecule has 1 heterocycles. The molecule has 1 nitrogen and oxygen atoms in total. The van der Waals surface area contributed by atoms with Gasteiger partial charge in [0.05, 0.1) is 19.1 Å². The Kier molecular flexibility index (Phi) is 3.23. The summed E-state index contributed by atoms with van der Waals surface area (Å²) in [6.07, 6.45) is 0. The van der Waals surface area contributed by atoms with Crippen LogP contribution in [0.5, 0.6) is 0 Å². The Morgan fingerprint density at radius 1 is 1.12 bits per heavy atom. The molecule has 3 heteroatoms. The van der Waals surface area contributed by atoms with Gasteiger partial charge in [-0.05, 0) is 11.5 Å². The third-order valence-corrected chi connectivity index (χ3v) is 3.80. The van der Waals surface area contributed by atoms with E-state index < -0.39 is 0 Å². The van der Waals surface area contributed by atoms with Crippen molar-refractivity contribution in [2.24, 2.45) is 0 Å². The molecule has 0 radical (unpaired) electrons. The summed E-state index contributed by atoms with van der Waals surface area (Å²) in [6, 6.07) is 10.7. The molecule has 0 atom stereocenters. The van der Waals surface area contributed by atoms with Gasteiger partial charge < -0.3 is 21.5 Å². The van der Waals surface area contributed by atoms with E-state index in [1.807, 2.05) is 0 Å². The van der Waals surface area contributed by atoms with Gasteiger partial charge in [-0.1, -0.05) is 35.9 Å². The molecule has 0 aliphatic carbocycles. The van der Waals surface area contributed by atoms with Gasteiger partial charge in [-0.25, -0.2) is 0 Å². The summed E-state index contributed by atoms with van der Waals surface area (Å²) >= 11 is 6.50. The first kappa shape index (κ1) is 12.9. The van der Waals surface area contributed by atoms with Gasteiger partial charge in [0, 0.05) is 16.5 Å². The molecule has 0 spiro atoms. The van der Waals surface area contributed by atoms with Crippen molar-refractivity contribution < 1.29 is 21.5 Å². The van der Waals surface area contributed by atoms with Gasteiger partial charge in [-0.3, -0.25) is 0 Å². The molecular weight excluding hydrogens is 298 g/mol. The van der Waals surface area contributed by atoms with Crippen molar-refractivity contribution >= 4 is 22.4 Å². The van der Waals surface area contributed by atoms with E-state index >= 15 is 0 Å². The topological polar surface area (TPSA) is 0 Å². The van der Waals surface area contributed by atoms with Crippen LogP contribution in [0.4, 0.5) is 0 Å². The summed E-state index contributed by atoms with van der Waals surface area (Å²) in [6.45, 7) is 2.12. The smallest absolute Gasteiger partial charge is 0.106 e. The monoisotopic (exact) mass is 311 g/mol. The molecule has 0 saturated carbocycles. The van der Waals surface area contributed by atoms with Crippen molar-refractivity contribution in [3.8, 4) is 0 Å². The highest BCUT2D eigenvalue weighted by atomic mass is 79.9. The standard InChI is InChI=1S/C14H15ClN.BrH/c1-16(2)8-11-7-10-5-3-4-6-12(10)14(15)13(11)9-16;/h3-7H,8-9H2,1-2H3;1H/q+1;/p-1. The minimum absolute atomic E-state index is 0. The molecule has 0 N–H and O–H groups in total. The molecule has 17 heavy (non-hydrogen) atoms. The number of quaternary nitrogens is 1. The second kappa shape index (κ2) is 4.27. The Morgan fingerprint density at radius 3 is 2.59 bits per heavy atom. The van der Waals surface area contributed by atoms with Crippen molar-refractivity contribution in [3.05, 3.63) is 46.5 Å². The molecule has 0 bridgehead atoms. The average Bonchev–Trinajstić information content (AvgIpc) is 2.53. The van der Waals surface area contributed by atoms with Crippen LogP contribution in [0.1, 0.15) is 11.1 Å². The van der Waals surface area contributed by atoms with E-state index in [-0.39, 0.29) is 17.0 Å². The Bertz CT molecular complexity index is 578. The highest BCUT2D eigenvalue weighted by Crippen LogP contribution is 2.37. The number of rotatable bonds is 0. The third kappa shape index (κ3) is 2.10. The predicted molar refractivity (Wildman–Crippen MR) is 68.5 cm³/mol. The molecule has 2 aromatic rings. The maximum atomic E-state index is 6.50. The Morgan fingerprint density at radius 2 is 1.82 bits per heavy atom. The number of hydrogen-bond donors (Lipinski definition) is 0. The van der Waals surface area contributed by atoms with Gasteiger partial charge in [-0.2, -0.15) is 0 Å². The number of nitrogens with zero attached hydrogens (tertiary/aromatic N) is 1. The summed E-state index contributed by atoms with van der Waals surface area (Å²) in [4.78, 5) is 0. The summed E-state index contributed by atoms with van der Waals surface area (Å²) < 4.78 is 1.01. The number of hydrogen-bond acceptors (Lipinski definition) is 0. The fraction of sp³-hybridized carbons (Fsp3) is 0.286. The summed E-state index contributed by atoms with van der Waals surface area (Å²) in [5.74, 6) is 0. The second-order valence-electron chi connectivity index (χ2n) is 5.30. The van der Waals surface area contributed by atoms with E-state index in [1.54, 1.807) is 0 Å². The quantitative estimate of drug-likeness (QED) is 0.625. The van der Waals surface area contributed by atoms with E-state index in [0.29, 0.717) is 0 Å². The number of fused-ring (bicyclic) bond motifs is 2. The first-order valence-electron chi connectivity index (χ1n) is 5.58. The fourth-order valence-electron chi connectivity index (χ4n) is 2.66. The molecule has 0 unspecified atom stereocenters. The SMILES string of the molecule is C[N+]1(C)Cc2cc3ccccc3c(Cl)c2C1.[Br-]. The summed E-state index contributed by atoms with van der Waals surface area (Å²) in [5, 5.41) is 3.40. The molecule has 0 fully saturated rings. The molecule has 90 valence electrons. The van der Waals surface area contributed by atoms with Gasteiger partial charge in [0.2, 0.25) is 0 Å². The van der Waals surface area contributed by atoms with Crippen molar-refractivity contribution in [2.75, 3.05) is 14.1 Å². The highest BCUT2D eigenvalue weighted by molar-refractivity contribution is 6.36. The minimum Gasteiger partial charge on any atom is -1.00 e. The lowest BCUT2D eigenvalue weighted by Crippen LogP contribution is -3.00. The molecule has 1 aliphatic rings. The van der Waals surface area contributed by atoms with Crippen molar-refractivity contribution in [2.45, 2.75) is 13.1 Å². The lowest BCUT2D eigenvalue weighted by atomic mass is 10.0. The largest absolute Gasteiger partial charge is 1.00 e. The van der Waals surface area contributed by atoms with Crippen LogP contribution in [0.3, 0.4) is 0 Å². The summed E-state index contributed by atoms with van der Waals surface area (Å²) in [7, 11) is 4.50. The van der Waals surface area contributed by atoms with Crippen LogP contribution in [0.2, 0.25) is 5.02 Å². The highest BCUT2D eigenvalue weighted by Gasteiger charge is 2.30. The van der Waals surface area contributed by atoms with E-state index in [2.05, 4.69) is 44.4 Å². The summed E-state index contributed by atoms with van der Waals surface area (Å²) in [5.41, 5.74) is 2.75. The molecule has 2 aromatic carbocycles. The van der Waals surface area contributed by atoms with Crippen molar-refractivity contribution in [1.29, 1.82) is 0 Å². The van der Waals surface area contributed by atoms with Crippen LogP contribution in [0.25, 0.3) is 10.8 Å². The predicted octanol–water partition coefficient (Wildman–Crippen LogP) is 0.587.